The lowest BCUT2D eigenvalue weighted by atomic mass is 10.0. The lowest BCUT2D eigenvalue weighted by Gasteiger charge is -2.10. The summed E-state index contributed by atoms with van der Waals surface area (Å²) in [7, 11) is 0. The van der Waals surface area contributed by atoms with Crippen molar-refractivity contribution >= 4 is 17.3 Å². The summed E-state index contributed by atoms with van der Waals surface area (Å²) in [5, 5.41) is 6.09. The predicted molar refractivity (Wildman–Crippen MR) is 97.9 cm³/mol. The number of carbonyl (C=O) groups is 1. The minimum Gasteiger partial charge on any atom is -0.467 e. The molecule has 0 spiro atoms. The number of rotatable bonds is 6. The highest BCUT2D eigenvalue weighted by Crippen LogP contribution is 2.20. The fourth-order valence-electron chi connectivity index (χ4n) is 2.43. The largest absolute Gasteiger partial charge is 0.467 e. The molecular weight excluding hydrogens is 314 g/mol. The van der Waals surface area contributed by atoms with Gasteiger partial charge in [0.05, 0.1) is 30.3 Å². The Morgan fingerprint density at radius 1 is 1.12 bits per heavy atom. The quantitative estimate of drug-likeness (QED) is 0.697. The van der Waals surface area contributed by atoms with E-state index in [1.165, 1.54) is 5.56 Å². The Balaban J connectivity index is 1.65. The fourth-order valence-corrected chi connectivity index (χ4v) is 2.43. The van der Waals surface area contributed by atoms with Gasteiger partial charge in [0.2, 0.25) is 0 Å². The van der Waals surface area contributed by atoms with Crippen LogP contribution in [0, 0.1) is 0 Å². The van der Waals surface area contributed by atoms with Crippen LogP contribution in [0.15, 0.2) is 65.5 Å². The average molecular weight is 335 g/mol. The second-order valence-corrected chi connectivity index (χ2v) is 6.13. The minimum absolute atomic E-state index is 0.192. The molecule has 25 heavy (non-hydrogen) atoms. The van der Waals surface area contributed by atoms with E-state index in [1.54, 1.807) is 30.8 Å². The van der Waals surface area contributed by atoms with E-state index in [1.807, 2.05) is 18.2 Å². The van der Waals surface area contributed by atoms with Crippen LogP contribution in [0.1, 0.15) is 41.4 Å². The lowest BCUT2D eigenvalue weighted by molar-refractivity contribution is 0.0947. The first-order valence-electron chi connectivity index (χ1n) is 8.24. The van der Waals surface area contributed by atoms with Crippen molar-refractivity contribution in [1.82, 2.24) is 10.3 Å². The smallest absolute Gasteiger partial charge is 0.253 e. The van der Waals surface area contributed by atoms with Gasteiger partial charge >= 0.3 is 0 Å². The van der Waals surface area contributed by atoms with Gasteiger partial charge in [-0.1, -0.05) is 26.0 Å². The number of anilines is 2. The van der Waals surface area contributed by atoms with Crippen LogP contribution in [0.5, 0.6) is 0 Å². The fraction of sp³-hybridized carbons (Fsp3) is 0.200. The highest BCUT2D eigenvalue weighted by Gasteiger charge is 2.08. The average Bonchev–Trinajstić information content (AvgIpc) is 3.14. The number of nitrogens with one attached hydrogen (secondary N) is 2. The first-order chi connectivity index (χ1) is 12.1. The van der Waals surface area contributed by atoms with Crippen LogP contribution in [0.4, 0.5) is 11.4 Å². The van der Waals surface area contributed by atoms with Crippen molar-refractivity contribution in [2.45, 2.75) is 26.3 Å². The maximum atomic E-state index is 12.2. The third-order valence-electron chi connectivity index (χ3n) is 3.87. The van der Waals surface area contributed by atoms with Crippen LogP contribution in [0.2, 0.25) is 0 Å². The van der Waals surface area contributed by atoms with E-state index in [2.05, 4.69) is 41.6 Å². The van der Waals surface area contributed by atoms with E-state index in [-0.39, 0.29) is 5.91 Å². The van der Waals surface area contributed by atoms with Crippen molar-refractivity contribution in [3.05, 3.63) is 78.0 Å². The monoisotopic (exact) mass is 335 g/mol. The van der Waals surface area contributed by atoms with Crippen LogP contribution >= 0.6 is 0 Å². The Kier molecular flexibility index (Phi) is 5.14. The molecule has 0 aliphatic heterocycles. The van der Waals surface area contributed by atoms with Gasteiger partial charge in [-0.15, -0.1) is 0 Å². The highest BCUT2D eigenvalue weighted by atomic mass is 16.3. The van der Waals surface area contributed by atoms with Gasteiger partial charge in [0.25, 0.3) is 5.91 Å². The first-order valence-corrected chi connectivity index (χ1v) is 8.24. The number of hydrogen-bond donors (Lipinski definition) is 2. The zero-order valence-electron chi connectivity index (χ0n) is 14.3. The molecule has 0 saturated heterocycles. The van der Waals surface area contributed by atoms with Crippen LogP contribution in [-0.2, 0) is 6.54 Å². The Hall–Kier alpha value is -3.08. The highest BCUT2D eigenvalue weighted by molar-refractivity contribution is 5.94. The molecule has 0 bridgehead atoms. The number of benzene rings is 1. The molecule has 2 heterocycles. The van der Waals surface area contributed by atoms with Gasteiger partial charge in [0.1, 0.15) is 5.76 Å². The van der Waals surface area contributed by atoms with Gasteiger partial charge in [-0.3, -0.25) is 9.78 Å². The number of aromatic nitrogens is 1. The number of nitrogens with zero attached hydrogens (tertiary/aromatic N) is 1. The molecule has 128 valence electrons. The molecule has 0 aliphatic carbocycles. The van der Waals surface area contributed by atoms with Gasteiger partial charge in [0.15, 0.2) is 0 Å². The minimum atomic E-state index is -0.192. The summed E-state index contributed by atoms with van der Waals surface area (Å²) in [5.41, 5.74) is 3.51. The molecule has 5 heteroatoms. The molecule has 2 aromatic heterocycles. The van der Waals surface area contributed by atoms with E-state index >= 15 is 0 Å². The zero-order chi connectivity index (χ0) is 17.6. The molecule has 0 atom stereocenters. The SMILES string of the molecule is CC(C)c1ccc(Nc2cncc(C(=O)NCc3ccco3)c2)cc1. The molecule has 0 saturated carbocycles. The summed E-state index contributed by atoms with van der Waals surface area (Å²) in [4.78, 5) is 16.4. The Labute approximate surface area is 147 Å². The molecule has 2 N–H and O–H groups in total. The molecule has 3 rings (SSSR count). The number of pyridine rings is 1. The van der Waals surface area contributed by atoms with E-state index in [9.17, 15) is 4.79 Å². The molecule has 3 aromatic rings. The van der Waals surface area contributed by atoms with Gasteiger partial charge in [-0.25, -0.2) is 0 Å². The van der Waals surface area contributed by atoms with Crippen LogP contribution < -0.4 is 10.6 Å². The first kappa shape index (κ1) is 16.8. The molecule has 1 amide bonds. The third-order valence-corrected chi connectivity index (χ3v) is 3.87. The second kappa shape index (κ2) is 7.66. The summed E-state index contributed by atoms with van der Waals surface area (Å²) >= 11 is 0. The Morgan fingerprint density at radius 3 is 2.60 bits per heavy atom. The van der Waals surface area contributed by atoms with Gasteiger partial charge in [-0.2, -0.15) is 0 Å². The van der Waals surface area contributed by atoms with Crippen LogP contribution in [0.25, 0.3) is 0 Å². The number of furan rings is 1. The van der Waals surface area contributed by atoms with Crippen molar-refractivity contribution in [2.75, 3.05) is 5.32 Å². The van der Waals surface area contributed by atoms with Crippen molar-refractivity contribution in [3.8, 4) is 0 Å². The molecule has 0 aliphatic rings. The topological polar surface area (TPSA) is 67.2 Å². The predicted octanol–water partition coefficient (Wildman–Crippen LogP) is 4.47. The summed E-state index contributed by atoms with van der Waals surface area (Å²) in [6, 6.07) is 13.6. The van der Waals surface area contributed by atoms with Crippen molar-refractivity contribution < 1.29 is 9.21 Å². The van der Waals surface area contributed by atoms with E-state index in [4.69, 9.17) is 4.42 Å². The maximum absolute atomic E-state index is 12.2. The van der Waals surface area contributed by atoms with Crippen LogP contribution in [0.3, 0.4) is 0 Å². The van der Waals surface area contributed by atoms with Gasteiger partial charge in [-0.05, 0) is 41.8 Å². The Bertz CT molecular complexity index is 824. The lowest BCUT2D eigenvalue weighted by Crippen LogP contribution is -2.22. The Morgan fingerprint density at radius 2 is 1.92 bits per heavy atom. The van der Waals surface area contributed by atoms with E-state index in [0.29, 0.717) is 23.8 Å². The molecule has 5 nitrogen and oxygen atoms in total. The van der Waals surface area contributed by atoms with Crippen molar-refractivity contribution in [2.24, 2.45) is 0 Å². The number of hydrogen-bond acceptors (Lipinski definition) is 4. The molecular formula is C20H21N3O2. The van der Waals surface area contributed by atoms with E-state index < -0.39 is 0 Å². The maximum Gasteiger partial charge on any atom is 0.253 e. The second-order valence-electron chi connectivity index (χ2n) is 6.13. The summed E-state index contributed by atoms with van der Waals surface area (Å²) in [5.74, 6) is 1.01. The molecule has 0 fully saturated rings. The number of amides is 1. The standard InChI is InChI=1S/C20H21N3O2/c1-14(2)15-5-7-17(8-6-15)23-18-10-16(11-21-12-18)20(24)22-13-19-4-3-9-25-19/h3-12,14,23H,13H2,1-2H3,(H,22,24). The third kappa shape index (κ3) is 4.47. The normalized spacial score (nSPS) is 10.7. The summed E-state index contributed by atoms with van der Waals surface area (Å²) in [6.07, 6.45) is 4.82. The molecule has 1 aromatic carbocycles. The van der Waals surface area contributed by atoms with Crippen molar-refractivity contribution in [3.63, 3.8) is 0 Å². The molecule has 0 unspecified atom stereocenters. The van der Waals surface area contributed by atoms with Crippen molar-refractivity contribution in [1.29, 1.82) is 0 Å². The van der Waals surface area contributed by atoms with Crippen LogP contribution in [-0.4, -0.2) is 10.9 Å². The van der Waals surface area contributed by atoms with Gasteiger partial charge < -0.3 is 15.1 Å². The summed E-state index contributed by atoms with van der Waals surface area (Å²) in [6.45, 7) is 4.68. The summed E-state index contributed by atoms with van der Waals surface area (Å²) < 4.78 is 5.21. The number of carbonyl (C=O) groups excluding carboxylic acids is 1. The zero-order valence-corrected chi connectivity index (χ0v) is 14.3. The van der Waals surface area contributed by atoms with Gasteiger partial charge in [0, 0.05) is 11.9 Å². The molecule has 0 radical (unpaired) electrons. The van der Waals surface area contributed by atoms with E-state index in [0.717, 1.165) is 11.4 Å².